The van der Waals surface area contributed by atoms with Gasteiger partial charge in [-0.1, -0.05) is 24.3 Å². The lowest BCUT2D eigenvalue weighted by Gasteiger charge is -2.31. The number of carbonyl (C=O) groups is 1. The van der Waals surface area contributed by atoms with Crippen molar-refractivity contribution in [1.29, 1.82) is 0 Å². The molecule has 0 radical (unpaired) electrons. The molecule has 1 N–H and O–H groups in total. The summed E-state index contributed by atoms with van der Waals surface area (Å²) in [6.45, 7) is 2.97. The standard InChI is InChI=1S/C29H28FN3O2S/c1-2-35-20-10-7-9-19(17-20)27-25-14-8-16-32(25)28-22(21-11-3-6-15-26(21)36-28)18-33(27)29(34)31-24-13-5-4-12-23(24)30/h4-5,7-10,12-14,16-17,27H,2-3,6,11,15,18H2,1H3,(H,31,34)/t27-/m0/s1. The van der Waals surface area contributed by atoms with Crippen molar-refractivity contribution in [2.24, 2.45) is 0 Å². The third-order valence-electron chi connectivity index (χ3n) is 7.04. The molecule has 4 aromatic rings. The Labute approximate surface area is 214 Å². The average Bonchev–Trinajstić information content (AvgIpc) is 3.47. The van der Waals surface area contributed by atoms with E-state index in [0.29, 0.717) is 13.2 Å². The first-order valence-corrected chi connectivity index (χ1v) is 13.3. The van der Waals surface area contributed by atoms with Gasteiger partial charge in [-0.3, -0.25) is 0 Å². The molecule has 7 heteroatoms. The highest BCUT2D eigenvalue weighted by Crippen LogP contribution is 2.44. The molecule has 0 saturated carbocycles. The van der Waals surface area contributed by atoms with Gasteiger partial charge in [-0.2, -0.15) is 0 Å². The number of aryl methyl sites for hydroxylation is 1. The first-order valence-electron chi connectivity index (χ1n) is 12.5. The maximum atomic E-state index is 14.5. The number of hydrogen-bond acceptors (Lipinski definition) is 3. The van der Waals surface area contributed by atoms with E-state index in [9.17, 15) is 9.18 Å². The lowest BCUT2D eigenvalue weighted by molar-refractivity contribution is 0.194. The van der Waals surface area contributed by atoms with Crippen molar-refractivity contribution in [3.05, 3.63) is 99.9 Å². The predicted molar refractivity (Wildman–Crippen MR) is 141 cm³/mol. The number of benzene rings is 2. The van der Waals surface area contributed by atoms with Gasteiger partial charge in [0.25, 0.3) is 0 Å². The highest BCUT2D eigenvalue weighted by molar-refractivity contribution is 7.15. The van der Waals surface area contributed by atoms with Crippen molar-refractivity contribution in [2.45, 2.75) is 45.2 Å². The maximum Gasteiger partial charge on any atom is 0.323 e. The smallest absolute Gasteiger partial charge is 0.323 e. The number of carbonyl (C=O) groups excluding carboxylic acids is 1. The largest absolute Gasteiger partial charge is 0.494 e. The number of anilines is 1. The van der Waals surface area contributed by atoms with Gasteiger partial charge < -0.3 is 19.5 Å². The zero-order valence-corrected chi connectivity index (χ0v) is 21.0. The number of rotatable bonds is 4. The number of urea groups is 1. The van der Waals surface area contributed by atoms with Gasteiger partial charge in [-0.15, -0.1) is 11.3 Å². The molecule has 184 valence electrons. The van der Waals surface area contributed by atoms with Gasteiger partial charge in [0.2, 0.25) is 0 Å². The van der Waals surface area contributed by atoms with Crippen LogP contribution in [0, 0.1) is 5.82 Å². The summed E-state index contributed by atoms with van der Waals surface area (Å²) in [5.74, 6) is 0.312. The van der Waals surface area contributed by atoms with Crippen molar-refractivity contribution in [3.8, 4) is 10.8 Å². The Morgan fingerprint density at radius 3 is 2.81 bits per heavy atom. The molecule has 36 heavy (non-hydrogen) atoms. The zero-order chi connectivity index (χ0) is 24.6. The van der Waals surface area contributed by atoms with Crippen LogP contribution >= 0.6 is 11.3 Å². The molecule has 0 saturated heterocycles. The Morgan fingerprint density at radius 1 is 1.08 bits per heavy atom. The minimum atomic E-state index is -0.451. The number of ether oxygens (including phenoxy) is 1. The second-order valence-electron chi connectivity index (χ2n) is 9.24. The molecule has 1 aliphatic carbocycles. The van der Waals surface area contributed by atoms with Crippen LogP contribution in [-0.2, 0) is 19.4 Å². The Bertz CT molecular complexity index is 1430. The van der Waals surface area contributed by atoms with E-state index in [1.807, 2.05) is 53.5 Å². The van der Waals surface area contributed by atoms with Crippen LogP contribution in [0.15, 0.2) is 66.9 Å². The lowest BCUT2D eigenvalue weighted by Crippen LogP contribution is -2.38. The first kappa shape index (κ1) is 22.9. The number of nitrogens with one attached hydrogen (secondary N) is 1. The van der Waals surface area contributed by atoms with Gasteiger partial charge >= 0.3 is 6.03 Å². The number of amides is 2. The van der Waals surface area contributed by atoms with E-state index < -0.39 is 5.82 Å². The number of fused-ring (bicyclic) bond motifs is 5. The summed E-state index contributed by atoms with van der Waals surface area (Å²) in [4.78, 5) is 17.2. The predicted octanol–water partition coefficient (Wildman–Crippen LogP) is 7.09. The third-order valence-corrected chi connectivity index (χ3v) is 8.37. The van der Waals surface area contributed by atoms with E-state index in [1.165, 1.54) is 33.5 Å². The molecule has 2 aromatic heterocycles. The normalized spacial score (nSPS) is 16.5. The van der Waals surface area contributed by atoms with Crippen LogP contribution in [-0.4, -0.2) is 22.1 Å². The summed E-state index contributed by atoms with van der Waals surface area (Å²) in [6.07, 6.45) is 6.58. The Balaban J connectivity index is 1.50. The molecule has 0 fully saturated rings. The summed E-state index contributed by atoms with van der Waals surface area (Å²) >= 11 is 1.85. The Hall–Kier alpha value is -3.58. The van der Waals surface area contributed by atoms with E-state index >= 15 is 0 Å². The highest BCUT2D eigenvalue weighted by Gasteiger charge is 2.36. The van der Waals surface area contributed by atoms with Crippen LogP contribution in [0.25, 0.3) is 5.00 Å². The molecular weight excluding hydrogens is 473 g/mol. The second kappa shape index (κ2) is 9.47. The van der Waals surface area contributed by atoms with Crippen LogP contribution in [0.1, 0.15) is 53.1 Å². The van der Waals surface area contributed by atoms with Crippen molar-refractivity contribution < 1.29 is 13.9 Å². The van der Waals surface area contributed by atoms with Crippen LogP contribution in [0.4, 0.5) is 14.9 Å². The van der Waals surface area contributed by atoms with Crippen molar-refractivity contribution in [1.82, 2.24) is 9.47 Å². The fraction of sp³-hybridized carbons (Fsp3) is 0.276. The molecule has 2 aliphatic rings. The van der Waals surface area contributed by atoms with Crippen LogP contribution in [0.3, 0.4) is 0 Å². The molecule has 0 unspecified atom stereocenters. The van der Waals surface area contributed by atoms with Crippen molar-refractivity contribution >= 4 is 23.1 Å². The van der Waals surface area contributed by atoms with Gasteiger partial charge in [0, 0.05) is 16.6 Å². The molecule has 3 heterocycles. The molecule has 2 amide bonds. The van der Waals surface area contributed by atoms with Crippen LogP contribution < -0.4 is 10.1 Å². The summed E-state index contributed by atoms with van der Waals surface area (Å²) in [5.41, 5.74) is 4.72. The van der Waals surface area contributed by atoms with Gasteiger partial charge in [0.15, 0.2) is 0 Å². The van der Waals surface area contributed by atoms with Gasteiger partial charge in [-0.05, 0) is 80.1 Å². The van der Waals surface area contributed by atoms with Crippen molar-refractivity contribution in [2.75, 3.05) is 11.9 Å². The van der Waals surface area contributed by atoms with E-state index in [4.69, 9.17) is 4.74 Å². The average molecular weight is 502 g/mol. The van der Waals surface area contributed by atoms with Gasteiger partial charge in [0.05, 0.1) is 30.6 Å². The molecular formula is C29H28FN3O2S. The fourth-order valence-corrected chi connectivity index (χ4v) is 6.83. The van der Waals surface area contributed by atoms with Crippen LogP contribution in [0.2, 0.25) is 0 Å². The van der Waals surface area contributed by atoms with Crippen LogP contribution in [0.5, 0.6) is 5.75 Å². The number of halogens is 1. The Morgan fingerprint density at radius 2 is 1.94 bits per heavy atom. The summed E-state index contributed by atoms with van der Waals surface area (Å²) in [5, 5.41) is 4.04. The topological polar surface area (TPSA) is 46.5 Å². The fourth-order valence-electron chi connectivity index (χ4n) is 5.43. The second-order valence-corrected chi connectivity index (χ2v) is 10.3. The monoisotopic (exact) mass is 501 g/mol. The van der Waals surface area contributed by atoms with Gasteiger partial charge in [0.1, 0.15) is 16.6 Å². The summed E-state index contributed by atoms with van der Waals surface area (Å²) in [7, 11) is 0. The molecule has 0 spiro atoms. The third kappa shape index (κ3) is 3.97. The van der Waals surface area contributed by atoms with Crippen molar-refractivity contribution in [3.63, 3.8) is 0 Å². The number of thiophene rings is 1. The van der Waals surface area contributed by atoms with Gasteiger partial charge in [-0.25, -0.2) is 9.18 Å². The number of nitrogens with zero attached hydrogens (tertiary/aromatic N) is 2. The number of para-hydroxylation sites is 1. The number of hydrogen-bond donors (Lipinski definition) is 1. The molecule has 6 rings (SSSR count). The zero-order valence-electron chi connectivity index (χ0n) is 20.2. The molecule has 2 aromatic carbocycles. The summed E-state index contributed by atoms with van der Waals surface area (Å²) in [6, 6.07) is 17.6. The SMILES string of the molecule is CCOc1cccc([C@H]2c3cccn3-c3sc4c(c3CN2C(=O)Nc2ccccc2F)CCCC4)c1. The van der Waals surface area contributed by atoms with E-state index in [-0.39, 0.29) is 17.8 Å². The molecule has 5 nitrogen and oxygen atoms in total. The number of aromatic nitrogens is 1. The summed E-state index contributed by atoms with van der Waals surface area (Å²) < 4.78 is 22.5. The minimum Gasteiger partial charge on any atom is -0.494 e. The minimum absolute atomic E-state index is 0.177. The Kier molecular flexibility index (Phi) is 6.01. The highest BCUT2D eigenvalue weighted by atomic mass is 32.1. The van der Waals surface area contributed by atoms with E-state index in [1.54, 1.807) is 18.2 Å². The first-order chi connectivity index (χ1) is 17.6. The molecule has 0 bridgehead atoms. The van der Waals surface area contributed by atoms with E-state index in [0.717, 1.165) is 36.3 Å². The lowest BCUT2D eigenvalue weighted by atomic mass is 9.95. The molecule has 1 aliphatic heterocycles. The van der Waals surface area contributed by atoms with E-state index in [2.05, 4.69) is 22.1 Å². The quantitative estimate of drug-likeness (QED) is 0.324. The molecule has 1 atom stereocenters. The maximum absolute atomic E-state index is 14.5.